The van der Waals surface area contributed by atoms with Crippen LogP contribution in [0.1, 0.15) is 66.7 Å². The van der Waals surface area contributed by atoms with Crippen molar-refractivity contribution in [2.75, 3.05) is 0 Å². The highest BCUT2D eigenvalue weighted by molar-refractivity contribution is 5.93. The lowest BCUT2D eigenvalue weighted by atomic mass is 9.38. The van der Waals surface area contributed by atoms with Crippen LogP contribution < -0.4 is 0 Å². The van der Waals surface area contributed by atoms with Gasteiger partial charge in [0.05, 0.1) is 5.92 Å². The second-order valence-electron chi connectivity index (χ2n) is 10.2. The Kier molecular flexibility index (Phi) is 4.52. The zero-order valence-corrected chi connectivity index (χ0v) is 18.0. The number of Topliss-reactive ketones (excluding diaryl/α,β-unsaturated/α-hetero) is 1. The van der Waals surface area contributed by atoms with Gasteiger partial charge in [-0.1, -0.05) is 49.3 Å². The fourth-order valence-corrected chi connectivity index (χ4v) is 6.89. The molecule has 1 spiro atoms. The fourth-order valence-electron chi connectivity index (χ4n) is 6.89. The van der Waals surface area contributed by atoms with E-state index in [1.54, 1.807) is 0 Å². The Hall–Kier alpha value is -1.64. The molecular formula is C25H34O3. The number of hydrogen-bond acceptors (Lipinski definition) is 3. The molecule has 2 bridgehead atoms. The minimum Gasteiger partial charge on any atom is -0.461 e. The smallest absolute Gasteiger partial charge is 0.309 e. The lowest BCUT2D eigenvalue weighted by molar-refractivity contribution is -0.180. The van der Waals surface area contributed by atoms with Gasteiger partial charge in [-0.15, -0.1) is 0 Å². The van der Waals surface area contributed by atoms with Crippen molar-refractivity contribution >= 4 is 11.8 Å². The number of ether oxygens (including phenoxy) is 1. The Morgan fingerprint density at radius 2 is 2.07 bits per heavy atom. The van der Waals surface area contributed by atoms with Gasteiger partial charge in [-0.25, -0.2) is 0 Å². The number of fused-ring (bicyclic) bond motifs is 2. The van der Waals surface area contributed by atoms with Gasteiger partial charge in [0.1, 0.15) is 11.9 Å². The van der Waals surface area contributed by atoms with Crippen LogP contribution in [0.3, 0.4) is 0 Å². The number of carbonyl (C=O) groups excluding carboxylic acids is 2. The summed E-state index contributed by atoms with van der Waals surface area (Å²) >= 11 is 0. The zero-order valence-electron chi connectivity index (χ0n) is 18.0. The third kappa shape index (κ3) is 2.40. The maximum Gasteiger partial charge on any atom is 0.309 e. The molecule has 0 radical (unpaired) electrons. The largest absolute Gasteiger partial charge is 0.461 e. The molecule has 3 fully saturated rings. The van der Waals surface area contributed by atoms with Crippen molar-refractivity contribution in [1.29, 1.82) is 0 Å². The summed E-state index contributed by atoms with van der Waals surface area (Å²) in [6, 6.07) is 0. The van der Waals surface area contributed by atoms with E-state index in [0.29, 0.717) is 5.78 Å². The van der Waals surface area contributed by atoms with Crippen LogP contribution in [-0.4, -0.2) is 17.9 Å². The van der Waals surface area contributed by atoms with Crippen LogP contribution in [0.25, 0.3) is 0 Å². The summed E-state index contributed by atoms with van der Waals surface area (Å²) in [6.45, 7) is 14.9. The Morgan fingerprint density at radius 1 is 1.36 bits per heavy atom. The molecule has 0 aromatic heterocycles. The van der Waals surface area contributed by atoms with Crippen molar-refractivity contribution in [3.05, 3.63) is 35.5 Å². The number of allylic oxidation sites excluding steroid dienone is 4. The topological polar surface area (TPSA) is 43.4 Å². The quantitative estimate of drug-likeness (QED) is 0.482. The highest BCUT2D eigenvalue weighted by atomic mass is 16.6. The first-order chi connectivity index (χ1) is 13.1. The van der Waals surface area contributed by atoms with Gasteiger partial charge < -0.3 is 4.74 Å². The van der Waals surface area contributed by atoms with E-state index in [4.69, 9.17) is 4.74 Å². The molecular weight excluding hydrogens is 348 g/mol. The Bertz CT molecular complexity index is 799. The van der Waals surface area contributed by atoms with Crippen LogP contribution in [0.15, 0.2) is 35.5 Å². The van der Waals surface area contributed by atoms with E-state index in [0.717, 1.165) is 32.1 Å². The van der Waals surface area contributed by atoms with Crippen LogP contribution in [-0.2, 0) is 14.3 Å². The first kappa shape index (κ1) is 19.7. The van der Waals surface area contributed by atoms with Crippen molar-refractivity contribution < 1.29 is 14.3 Å². The molecule has 0 aromatic carbocycles. The Morgan fingerprint density at radius 3 is 2.75 bits per heavy atom. The summed E-state index contributed by atoms with van der Waals surface area (Å²) in [6.07, 6.45) is 8.85. The highest BCUT2D eigenvalue weighted by Crippen LogP contribution is 2.70. The molecule has 3 heteroatoms. The number of esters is 1. The first-order valence-electron chi connectivity index (χ1n) is 10.9. The van der Waals surface area contributed by atoms with E-state index >= 15 is 0 Å². The van der Waals surface area contributed by atoms with E-state index in [1.165, 1.54) is 16.7 Å². The highest BCUT2D eigenvalue weighted by Gasteiger charge is 2.72. The molecule has 7 atom stereocenters. The minimum absolute atomic E-state index is 0.0582. The maximum absolute atomic E-state index is 13.7. The molecule has 1 saturated heterocycles. The second-order valence-corrected chi connectivity index (χ2v) is 10.2. The standard InChI is InChI=1S/C25H34O3/c1-14(2)8-7-9-15(3)20-13-25-16(4)12-19(20)21(26)24(25,6)11-10-18-17(5)23(27)28-22(18)25/h8,12,17-20,22H,3,7,9-11,13H2,1-2,4-6H3/t17-,18-,19+,20+,22+,24-,25+/m0/s1. The molecule has 0 N–H and O–H groups in total. The van der Waals surface area contributed by atoms with Crippen LogP contribution in [0.2, 0.25) is 0 Å². The number of hydrogen-bond donors (Lipinski definition) is 0. The molecule has 5 rings (SSSR count). The lowest BCUT2D eigenvalue weighted by Crippen LogP contribution is -2.66. The summed E-state index contributed by atoms with van der Waals surface area (Å²) in [5.74, 6) is 0.546. The Balaban J connectivity index is 1.72. The summed E-state index contributed by atoms with van der Waals surface area (Å²) in [5, 5.41) is 0. The van der Waals surface area contributed by atoms with Crippen molar-refractivity contribution in [2.45, 2.75) is 72.8 Å². The van der Waals surface area contributed by atoms with Crippen LogP contribution in [0, 0.1) is 34.5 Å². The van der Waals surface area contributed by atoms with Crippen LogP contribution >= 0.6 is 0 Å². The predicted molar refractivity (Wildman–Crippen MR) is 110 cm³/mol. The molecule has 1 aliphatic heterocycles. The van der Waals surface area contributed by atoms with Crippen LogP contribution in [0.4, 0.5) is 0 Å². The average Bonchev–Trinajstić information content (AvgIpc) is 2.92. The lowest BCUT2D eigenvalue weighted by Gasteiger charge is -2.64. The van der Waals surface area contributed by atoms with Crippen molar-refractivity contribution in [3.63, 3.8) is 0 Å². The van der Waals surface area contributed by atoms with E-state index in [9.17, 15) is 9.59 Å². The molecule has 4 aliphatic carbocycles. The normalized spacial score (nSPS) is 43.8. The van der Waals surface area contributed by atoms with Gasteiger partial charge in [0.15, 0.2) is 0 Å². The summed E-state index contributed by atoms with van der Waals surface area (Å²) in [4.78, 5) is 26.1. The number of carbonyl (C=O) groups is 2. The summed E-state index contributed by atoms with van der Waals surface area (Å²) in [7, 11) is 0. The number of rotatable bonds is 4. The SMILES string of the molecule is C=C(CCC=C(C)C)[C@H]1C[C@]23C(C)=C[C@H]1C(=O)[C@]2(C)CC[C@H]1[C@H](C)C(=O)O[C@H]13. The summed E-state index contributed by atoms with van der Waals surface area (Å²) in [5.41, 5.74) is 2.99. The van der Waals surface area contributed by atoms with Gasteiger partial charge in [-0.3, -0.25) is 9.59 Å². The van der Waals surface area contributed by atoms with Crippen LogP contribution in [0.5, 0.6) is 0 Å². The number of ketones is 1. The van der Waals surface area contributed by atoms with Gasteiger partial charge >= 0.3 is 5.97 Å². The van der Waals surface area contributed by atoms with Gasteiger partial charge in [-0.05, 0) is 58.8 Å². The fraction of sp³-hybridized carbons (Fsp3) is 0.680. The van der Waals surface area contributed by atoms with Crippen molar-refractivity contribution in [2.24, 2.45) is 34.5 Å². The molecule has 0 unspecified atom stereocenters. The summed E-state index contributed by atoms with van der Waals surface area (Å²) < 4.78 is 6.02. The molecule has 152 valence electrons. The van der Waals surface area contributed by atoms with Gasteiger partial charge in [0.25, 0.3) is 0 Å². The minimum atomic E-state index is -0.418. The molecule has 5 aliphatic rings. The molecule has 3 nitrogen and oxygen atoms in total. The average molecular weight is 383 g/mol. The van der Waals surface area contributed by atoms with Gasteiger partial charge in [0, 0.05) is 22.7 Å². The first-order valence-corrected chi connectivity index (χ1v) is 10.9. The van der Waals surface area contributed by atoms with Crippen molar-refractivity contribution in [3.8, 4) is 0 Å². The van der Waals surface area contributed by atoms with E-state index in [-0.39, 0.29) is 41.2 Å². The van der Waals surface area contributed by atoms with E-state index in [1.807, 2.05) is 6.92 Å². The maximum atomic E-state index is 13.7. The van der Waals surface area contributed by atoms with E-state index < -0.39 is 5.41 Å². The molecule has 28 heavy (non-hydrogen) atoms. The molecule has 2 saturated carbocycles. The van der Waals surface area contributed by atoms with Gasteiger partial charge in [0.2, 0.25) is 0 Å². The monoisotopic (exact) mass is 382 g/mol. The zero-order chi connectivity index (χ0) is 20.4. The van der Waals surface area contributed by atoms with Crippen molar-refractivity contribution in [1.82, 2.24) is 0 Å². The molecule has 0 amide bonds. The molecule has 1 heterocycles. The third-order valence-electron chi connectivity index (χ3n) is 8.59. The Labute approximate surface area is 169 Å². The molecule has 0 aromatic rings. The van der Waals surface area contributed by atoms with E-state index in [2.05, 4.69) is 46.4 Å². The third-order valence-corrected chi connectivity index (χ3v) is 8.59. The van der Waals surface area contributed by atoms with Gasteiger partial charge in [-0.2, -0.15) is 0 Å². The second kappa shape index (κ2) is 6.43. The predicted octanol–water partition coefficient (Wildman–Crippen LogP) is 5.42.